The normalized spacial score (nSPS) is 11.5. The topological polar surface area (TPSA) is 75.7 Å². The number of carbonyl (C=O) groups excluding carboxylic acids is 1. The predicted octanol–water partition coefficient (Wildman–Crippen LogP) is 3.77. The molecule has 1 N–H and O–H groups in total. The molecule has 27 heavy (non-hydrogen) atoms. The van der Waals surface area contributed by atoms with Crippen LogP contribution < -0.4 is 10.1 Å². The number of nitrogens with one attached hydrogen (secondary N) is 1. The molecule has 2 rings (SSSR count). The van der Waals surface area contributed by atoms with Crippen molar-refractivity contribution in [1.82, 2.24) is 4.31 Å². The minimum Gasteiger partial charge on any atom is -0.495 e. The summed E-state index contributed by atoms with van der Waals surface area (Å²) < 4.78 is 45.8. The van der Waals surface area contributed by atoms with Gasteiger partial charge in [-0.1, -0.05) is 25.4 Å². The first kappa shape index (κ1) is 21.1. The van der Waals surface area contributed by atoms with E-state index < -0.39 is 27.3 Å². The number of anilines is 1. The van der Waals surface area contributed by atoms with Crippen molar-refractivity contribution in [3.05, 3.63) is 52.8 Å². The zero-order valence-corrected chi connectivity index (χ0v) is 16.7. The molecule has 0 aliphatic carbocycles. The molecule has 146 valence electrons. The monoisotopic (exact) mass is 414 g/mol. The van der Waals surface area contributed by atoms with E-state index in [2.05, 4.69) is 5.32 Å². The molecule has 0 saturated heterocycles. The SMILES string of the molecule is CCN(CC)S(=O)(=O)c1ccc(F)c(C(=O)Nc2cc(Cl)ccc2OC)c1. The highest BCUT2D eigenvalue weighted by Crippen LogP contribution is 2.28. The van der Waals surface area contributed by atoms with Crippen LogP contribution in [0.4, 0.5) is 10.1 Å². The minimum absolute atomic E-state index is 0.157. The van der Waals surface area contributed by atoms with Gasteiger partial charge in [0, 0.05) is 18.1 Å². The maximum atomic E-state index is 14.2. The Kier molecular flexibility index (Phi) is 6.80. The average Bonchev–Trinajstić information content (AvgIpc) is 2.62. The van der Waals surface area contributed by atoms with E-state index >= 15 is 0 Å². The number of amides is 1. The number of benzene rings is 2. The van der Waals surface area contributed by atoms with Gasteiger partial charge < -0.3 is 10.1 Å². The second-order valence-electron chi connectivity index (χ2n) is 5.53. The molecule has 0 fully saturated rings. The molecule has 6 nitrogen and oxygen atoms in total. The van der Waals surface area contributed by atoms with Crippen molar-refractivity contribution in [1.29, 1.82) is 0 Å². The summed E-state index contributed by atoms with van der Waals surface area (Å²) in [6.07, 6.45) is 0. The van der Waals surface area contributed by atoms with Gasteiger partial charge in [0.05, 0.1) is 23.3 Å². The Morgan fingerprint density at radius 3 is 2.44 bits per heavy atom. The van der Waals surface area contributed by atoms with Gasteiger partial charge in [-0.3, -0.25) is 4.79 Å². The second kappa shape index (κ2) is 8.69. The Bertz CT molecular complexity index is 946. The lowest BCUT2D eigenvalue weighted by Gasteiger charge is -2.19. The van der Waals surface area contributed by atoms with Crippen molar-refractivity contribution in [2.24, 2.45) is 0 Å². The molecule has 1 amide bonds. The number of ether oxygens (including phenoxy) is 1. The van der Waals surface area contributed by atoms with Gasteiger partial charge in [0.15, 0.2) is 0 Å². The third kappa shape index (κ3) is 4.58. The van der Waals surface area contributed by atoms with Crippen molar-refractivity contribution in [3.8, 4) is 5.75 Å². The zero-order valence-electron chi connectivity index (χ0n) is 15.1. The van der Waals surface area contributed by atoms with E-state index in [1.165, 1.54) is 17.5 Å². The molecule has 0 aromatic heterocycles. The van der Waals surface area contributed by atoms with E-state index in [1.807, 2.05) is 0 Å². The molecule has 2 aromatic carbocycles. The average molecular weight is 415 g/mol. The molecule has 0 radical (unpaired) electrons. The van der Waals surface area contributed by atoms with Gasteiger partial charge >= 0.3 is 0 Å². The van der Waals surface area contributed by atoms with Crippen LogP contribution in [0.3, 0.4) is 0 Å². The summed E-state index contributed by atoms with van der Waals surface area (Å²) in [4.78, 5) is 12.4. The Balaban J connectivity index is 2.42. The van der Waals surface area contributed by atoms with E-state index in [0.717, 1.165) is 18.2 Å². The lowest BCUT2D eigenvalue weighted by Crippen LogP contribution is -2.31. The van der Waals surface area contributed by atoms with Gasteiger partial charge in [0.1, 0.15) is 11.6 Å². The number of hydrogen-bond donors (Lipinski definition) is 1. The van der Waals surface area contributed by atoms with Gasteiger partial charge in [0.2, 0.25) is 10.0 Å². The molecule has 0 unspecified atom stereocenters. The van der Waals surface area contributed by atoms with Crippen LogP contribution in [-0.2, 0) is 10.0 Å². The van der Waals surface area contributed by atoms with Crippen LogP contribution >= 0.6 is 11.6 Å². The fourth-order valence-electron chi connectivity index (χ4n) is 2.52. The summed E-state index contributed by atoms with van der Waals surface area (Å²) >= 11 is 5.92. The van der Waals surface area contributed by atoms with Crippen LogP contribution in [-0.4, -0.2) is 38.8 Å². The van der Waals surface area contributed by atoms with Crippen LogP contribution in [0.15, 0.2) is 41.3 Å². The number of carbonyl (C=O) groups is 1. The Morgan fingerprint density at radius 2 is 1.85 bits per heavy atom. The van der Waals surface area contributed by atoms with Crippen molar-refractivity contribution in [2.75, 3.05) is 25.5 Å². The van der Waals surface area contributed by atoms with E-state index in [9.17, 15) is 17.6 Å². The fourth-order valence-corrected chi connectivity index (χ4v) is 4.18. The van der Waals surface area contributed by atoms with Gasteiger partial charge in [-0.2, -0.15) is 4.31 Å². The highest BCUT2D eigenvalue weighted by molar-refractivity contribution is 7.89. The first-order valence-electron chi connectivity index (χ1n) is 8.19. The summed E-state index contributed by atoms with van der Waals surface area (Å²) in [5, 5.41) is 2.85. The molecule has 9 heteroatoms. The molecule has 0 atom stereocenters. The zero-order chi connectivity index (χ0) is 20.2. The van der Waals surface area contributed by atoms with Crippen molar-refractivity contribution in [3.63, 3.8) is 0 Å². The van der Waals surface area contributed by atoms with E-state index in [4.69, 9.17) is 16.3 Å². The van der Waals surface area contributed by atoms with E-state index in [1.54, 1.807) is 26.0 Å². The van der Waals surface area contributed by atoms with Crippen molar-refractivity contribution < 1.29 is 22.3 Å². The highest BCUT2D eigenvalue weighted by Gasteiger charge is 2.24. The van der Waals surface area contributed by atoms with Gasteiger partial charge in [0.25, 0.3) is 5.91 Å². The Hall–Kier alpha value is -2.16. The summed E-state index contributed by atoms with van der Waals surface area (Å²) in [7, 11) is -2.41. The van der Waals surface area contributed by atoms with Crippen LogP contribution in [0, 0.1) is 5.82 Å². The number of nitrogens with zero attached hydrogens (tertiary/aromatic N) is 1. The number of methoxy groups -OCH3 is 1. The molecule has 2 aromatic rings. The summed E-state index contributed by atoms with van der Waals surface area (Å²) in [6.45, 7) is 3.92. The third-order valence-electron chi connectivity index (χ3n) is 3.94. The maximum Gasteiger partial charge on any atom is 0.258 e. The molecule has 0 spiro atoms. The smallest absolute Gasteiger partial charge is 0.258 e. The number of hydrogen-bond acceptors (Lipinski definition) is 4. The molecule has 0 saturated carbocycles. The summed E-state index contributed by atoms with van der Waals surface area (Å²) in [5.41, 5.74) is -0.156. The standard InChI is InChI=1S/C18H20ClFN2O4S/c1-4-22(5-2)27(24,25)13-7-8-15(20)14(11-13)18(23)21-16-10-12(19)6-9-17(16)26-3/h6-11H,4-5H2,1-3H3,(H,21,23). The summed E-state index contributed by atoms with van der Waals surface area (Å²) in [6, 6.07) is 7.70. The maximum absolute atomic E-state index is 14.2. The first-order chi connectivity index (χ1) is 12.7. The fraction of sp³-hybridized carbons (Fsp3) is 0.278. The number of sulfonamides is 1. The molecular formula is C18H20ClFN2O4S. The highest BCUT2D eigenvalue weighted by atomic mass is 35.5. The Labute approximate surface area is 162 Å². The van der Waals surface area contributed by atoms with Gasteiger partial charge in [-0.15, -0.1) is 0 Å². The lowest BCUT2D eigenvalue weighted by atomic mass is 10.2. The second-order valence-corrected chi connectivity index (χ2v) is 7.90. The lowest BCUT2D eigenvalue weighted by molar-refractivity contribution is 0.102. The van der Waals surface area contributed by atoms with Crippen LogP contribution in [0.25, 0.3) is 0 Å². The van der Waals surface area contributed by atoms with E-state index in [-0.39, 0.29) is 23.7 Å². The van der Waals surface area contributed by atoms with E-state index in [0.29, 0.717) is 10.8 Å². The molecule has 0 bridgehead atoms. The predicted molar refractivity (Wildman–Crippen MR) is 102 cm³/mol. The van der Waals surface area contributed by atoms with Crippen LogP contribution in [0.5, 0.6) is 5.75 Å². The molecule has 0 heterocycles. The summed E-state index contributed by atoms with van der Waals surface area (Å²) in [5.74, 6) is -1.32. The van der Waals surface area contributed by atoms with Crippen molar-refractivity contribution in [2.45, 2.75) is 18.7 Å². The first-order valence-corrected chi connectivity index (χ1v) is 10.0. The number of halogens is 2. The number of rotatable bonds is 7. The molecular weight excluding hydrogens is 395 g/mol. The minimum atomic E-state index is -3.83. The van der Waals surface area contributed by atoms with Crippen molar-refractivity contribution >= 4 is 33.2 Å². The largest absolute Gasteiger partial charge is 0.495 e. The third-order valence-corrected chi connectivity index (χ3v) is 6.22. The van der Waals surface area contributed by atoms with Crippen LogP contribution in [0.2, 0.25) is 5.02 Å². The molecule has 0 aliphatic rings. The molecule has 0 aliphatic heterocycles. The van der Waals surface area contributed by atoms with Gasteiger partial charge in [-0.05, 0) is 36.4 Å². The van der Waals surface area contributed by atoms with Crippen LogP contribution in [0.1, 0.15) is 24.2 Å². The Morgan fingerprint density at radius 1 is 1.19 bits per heavy atom. The quantitative estimate of drug-likeness (QED) is 0.748. The van der Waals surface area contributed by atoms with Gasteiger partial charge in [-0.25, -0.2) is 12.8 Å².